The van der Waals surface area contributed by atoms with Gasteiger partial charge in [-0.25, -0.2) is 4.39 Å². The summed E-state index contributed by atoms with van der Waals surface area (Å²) in [5.41, 5.74) is 3.98. The summed E-state index contributed by atoms with van der Waals surface area (Å²) in [6.45, 7) is 4.09. The topological polar surface area (TPSA) is 62.1 Å². The van der Waals surface area contributed by atoms with E-state index < -0.39 is 5.91 Å². The molecule has 0 saturated heterocycles. The fourth-order valence-electron chi connectivity index (χ4n) is 2.84. The molecule has 1 amide bonds. The smallest absolute Gasteiger partial charge is 0.266 e. The molecule has 3 aromatic carbocycles. The lowest BCUT2D eigenvalue weighted by molar-refractivity contribution is -0.112. The van der Waals surface area contributed by atoms with Gasteiger partial charge in [0.15, 0.2) is 0 Å². The van der Waals surface area contributed by atoms with Gasteiger partial charge in [-0.3, -0.25) is 4.79 Å². The molecule has 0 spiro atoms. The van der Waals surface area contributed by atoms with E-state index in [2.05, 4.69) is 5.32 Å². The van der Waals surface area contributed by atoms with Crippen LogP contribution in [0.2, 0.25) is 5.02 Å². The van der Waals surface area contributed by atoms with E-state index >= 15 is 0 Å². The molecule has 156 valence electrons. The highest BCUT2D eigenvalue weighted by molar-refractivity contribution is 6.32. The zero-order valence-electron chi connectivity index (χ0n) is 17.1. The van der Waals surface area contributed by atoms with Crippen LogP contribution in [0.4, 0.5) is 10.1 Å². The molecule has 0 aliphatic rings. The number of rotatable bonds is 6. The average molecular weight is 435 g/mol. The number of halogens is 2. The number of aryl methyl sites for hydroxylation is 2. The van der Waals surface area contributed by atoms with Crippen molar-refractivity contribution in [3.8, 4) is 11.8 Å². The van der Waals surface area contributed by atoms with Gasteiger partial charge in [0.1, 0.15) is 29.8 Å². The molecule has 1 N–H and O–H groups in total. The zero-order valence-corrected chi connectivity index (χ0v) is 17.8. The third-order valence-corrected chi connectivity index (χ3v) is 4.98. The number of benzene rings is 3. The number of anilines is 1. The fourth-order valence-corrected chi connectivity index (χ4v) is 3.09. The predicted octanol–water partition coefficient (Wildman–Crippen LogP) is 6.22. The van der Waals surface area contributed by atoms with Gasteiger partial charge in [0.2, 0.25) is 0 Å². The highest BCUT2D eigenvalue weighted by Gasteiger charge is 2.11. The van der Waals surface area contributed by atoms with E-state index in [1.165, 1.54) is 18.2 Å². The number of carbonyl (C=O) groups is 1. The maximum Gasteiger partial charge on any atom is 0.266 e. The van der Waals surface area contributed by atoms with Gasteiger partial charge in [-0.15, -0.1) is 0 Å². The average Bonchev–Trinajstić information content (AvgIpc) is 2.74. The third kappa shape index (κ3) is 5.94. The lowest BCUT2D eigenvalue weighted by Crippen LogP contribution is -2.13. The molecular weight excluding hydrogens is 415 g/mol. The highest BCUT2D eigenvalue weighted by Crippen LogP contribution is 2.27. The molecule has 0 aliphatic heterocycles. The molecule has 0 saturated carbocycles. The molecule has 0 atom stereocenters. The Morgan fingerprint density at radius 3 is 2.61 bits per heavy atom. The van der Waals surface area contributed by atoms with Crippen molar-refractivity contribution in [1.82, 2.24) is 0 Å². The molecule has 0 radical (unpaired) electrons. The van der Waals surface area contributed by atoms with Crippen LogP contribution in [0.15, 0.2) is 66.2 Å². The Morgan fingerprint density at radius 2 is 1.94 bits per heavy atom. The Bertz CT molecular complexity index is 1200. The first-order valence-corrected chi connectivity index (χ1v) is 9.90. The predicted molar refractivity (Wildman–Crippen MR) is 120 cm³/mol. The first-order chi connectivity index (χ1) is 14.9. The standard InChI is InChI=1S/C25H20ClFN2O2/c1-16-6-8-22(10-17(16)2)29-25(30)20(14-28)11-18-7-9-24(23(26)13-18)31-15-19-4-3-5-21(27)12-19/h3-13H,15H2,1-2H3,(H,29,30)/b20-11+. The van der Waals surface area contributed by atoms with Crippen LogP contribution >= 0.6 is 11.6 Å². The molecule has 6 heteroatoms. The van der Waals surface area contributed by atoms with E-state index in [0.717, 1.165) is 11.1 Å². The minimum Gasteiger partial charge on any atom is -0.487 e. The van der Waals surface area contributed by atoms with Crippen LogP contribution in [0.1, 0.15) is 22.3 Å². The normalized spacial score (nSPS) is 11.0. The van der Waals surface area contributed by atoms with Crippen molar-refractivity contribution < 1.29 is 13.9 Å². The van der Waals surface area contributed by atoms with Gasteiger partial charge in [0.05, 0.1) is 5.02 Å². The number of hydrogen-bond donors (Lipinski definition) is 1. The van der Waals surface area contributed by atoms with Crippen LogP contribution in [0.25, 0.3) is 6.08 Å². The summed E-state index contributed by atoms with van der Waals surface area (Å²) in [4.78, 5) is 12.5. The summed E-state index contributed by atoms with van der Waals surface area (Å²) in [6.07, 6.45) is 1.46. The van der Waals surface area contributed by atoms with Crippen molar-refractivity contribution in [2.24, 2.45) is 0 Å². The molecular formula is C25H20ClFN2O2. The largest absolute Gasteiger partial charge is 0.487 e. The fraction of sp³-hybridized carbons (Fsp3) is 0.120. The molecule has 0 heterocycles. The minimum absolute atomic E-state index is 0.0530. The molecule has 3 aromatic rings. The Morgan fingerprint density at radius 1 is 1.13 bits per heavy atom. The van der Waals surface area contributed by atoms with Crippen molar-refractivity contribution >= 4 is 29.3 Å². The second-order valence-corrected chi connectivity index (χ2v) is 7.44. The first-order valence-electron chi connectivity index (χ1n) is 9.53. The molecule has 4 nitrogen and oxygen atoms in total. The van der Waals surface area contributed by atoms with Crippen molar-refractivity contribution in [1.29, 1.82) is 5.26 Å². The monoisotopic (exact) mass is 434 g/mol. The Kier molecular flexibility index (Phi) is 7.07. The first kappa shape index (κ1) is 22.1. The summed E-state index contributed by atoms with van der Waals surface area (Å²) >= 11 is 6.28. The van der Waals surface area contributed by atoms with Crippen LogP contribution in [0, 0.1) is 31.0 Å². The molecule has 0 fully saturated rings. The third-order valence-electron chi connectivity index (χ3n) is 4.68. The second-order valence-electron chi connectivity index (χ2n) is 7.03. The van der Waals surface area contributed by atoms with Gasteiger partial charge in [-0.05, 0) is 78.6 Å². The number of ether oxygens (including phenoxy) is 1. The number of nitrogens with zero attached hydrogens (tertiary/aromatic N) is 1. The number of amides is 1. The summed E-state index contributed by atoms with van der Waals surface area (Å²) < 4.78 is 18.9. The van der Waals surface area contributed by atoms with Gasteiger partial charge >= 0.3 is 0 Å². The maximum atomic E-state index is 13.3. The van der Waals surface area contributed by atoms with E-state index in [1.807, 2.05) is 32.0 Å². The van der Waals surface area contributed by atoms with Crippen LogP contribution in [0.5, 0.6) is 5.75 Å². The Hall–Kier alpha value is -3.62. The van der Waals surface area contributed by atoms with Gasteiger partial charge in [-0.2, -0.15) is 5.26 Å². The minimum atomic E-state index is -0.506. The lowest BCUT2D eigenvalue weighted by atomic mass is 10.1. The molecule has 31 heavy (non-hydrogen) atoms. The van der Waals surface area contributed by atoms with Crippen molar-refractivity contribution in [2.45, 2.75) is 20.5 Å². The molecule has 3 rings (SSSR count). The lowest BCUT2D eigenvalue weighted by Gasteiger charge is -2.09. The van der Waals surface area contributed by atoms with Crippen molar-refractivity contribution in [3.63, 3.8) is 0 Å². The maximum absolute atomic E-state index is 13.3. The second kappa shape index (κ2) is 9.92. The highest BCUT2D eigenvalue weighted by atomic mass is 35.5. The number of nitrogens with one attached hydrogen (secondary N) is 1. The molecule has 0 bridgehead atoms. The Balaban J connectivity index is 1.71. The van der Waals surface area contributed by atoms with Crippen LogP contribution < -0.4 is 10.1 Å². The van der Waals surface area contributed by atoms with E-state index in [-0.39, 0.29) is 18.0 Å². The quantitative estimate of drug-likeness (QED) is 0.370. The zero-order chi connectivity index (χ0) is 22.4. The van der Waals surface area contributed by atoms with E-state index in [9.17, 15) is 14.4 Å². The van der Waals surface area contributed by atoms with Crippen molar-refractivity contribution in [2.75, 3.05) is 5.32 Å². The molecule has 0 aliphatic carbocycles. The van der Waals surface area contributed by atoms with E-state index in [0.29, 0.717) is 27.6 Å². The number of carbonyl (C=O) groups excluding carboxylic acids is 1. The van der Waals surface area contributed by atoms with Crippen LogP contribution in [0.3, 0.4) is 0 Å². The van der Waals surface area contributed by atoms with Gasteiger partial charge in [-0.1, -0.05) is 35.9 Å². The summed E-state index contributed by atoms with van der Waals surface area (Å²) in [5, 5.41) is 12.5. The number of hydrogen-bond acceptors (Lipinski definition) is 3. The van der Waals surface area contributed by atoms with Gasteiger partial charge < -0.3 is 10.1 Å². The summed E-state index contributed by atoms with van der Waals surface area (Å²) in [6, 6.07) is 18.5. The van der Waals surface area contributed by atoms with E-state index in [4.69, 9.17) is 16.3 Å². The Labute approximate surface area is 185 Å². The number of nitriles is 1. The SMILES string of the molecule is Cc1ccc(NC(=O)/C(C#N)=C/c2ccc(OCc3cccc(F)c3)c(Cl)c2)cc1C. The summed E-state index contributed by atoms with van der Waals surface area (Å²) in [5.74, 6) is -0.426. The van der Waals surface area contributed by atoms with Crippen LogP contribution in [-0.4, -0.2) is 5.91 Å². The van der Waals surface area contributed by atoms with Crippen molar-refractivity contribution in [3.05, 3.63) is 99.3 Å². The van der Waals surface area contributed by atoms with Crippen LogP contribution in [-0.2, 0) is 11.4 Å². The molecule has 0 unspecified atom stereocenters. The van der Waals surface area contributed by atoms with Gasteiger partial charge in [0.25, 0.3) is 5.91 Å². The molecule has 0 aromatic heterocycles. The van der Waals surface area contributed by atoms with E-state index in [1.54, 1.807) is 36.4 Å². The van der Waals surface area contributed by atoms with Gasteiger partial charge in [0, 0.05) is 5.69 Å². The summed E-state index contributed by atoms with van der Waals surface area (Å²) in [7, 11) is 0.